The number of hydrazone groups is 1. The molecule has 65 heavy (non-hydrogen) atoms. The van der Waals surface area contributed by atoms with Crippen LogP contribution in [0.5, 0.6) is 0 Å². The number of halogens is 10. The molecule has 5 aromatic rings. The molecule has 9 rings (SSSR count). The van der Waals surface area contributed by atoms with Crippen molar-refractivity contribution in [2.75, 3.05) is 41.0 Å². The second-order valence-corrected chi connectivity index (χ2v) is 17.8. The third-order valence-electron chi connectivity index (χ3n) is 11.6. The summed E-state index contributed by atoms with van der Waals surface area (Å²) >= 11 is 4.25. The number of piperidine rings is 1. The zero-order valence-corrected chi connectivity index (χ0v) is 37.8. The summed E-state index contributed by atoms with van der Waals surface area (Å²) in [4.78, 5) is 32.2. The summed E-state index contributed by atoms with van der Waals surface area (Å²) in [5.74, 6) is -4.00. The maximum atomic E-state index is 14.3. The van der Waals surface area contributed by atoms with Gasteiger partial charge in [0.25, 0.3) is 11.8 Å². The van der Waals surface area contributed by atoms with Gasteiger partial charge >= 0.3 is 12.4 Å². The zero-order valence-electron chi connectivity index (χ0n) is 33.4. The van der Waals surface area contributed by atoms with E-state index in [1.54, 1.807) is 53.4 Å². The minimum atomic E-state index is -4.77. The van der Waals surface area contributed by atoms with Crippen LogP contribution in [0, 0.1) is 47.4 Å². The molecular weight excluding hydrogens is 1090 g/mol. The SMILES string of the molecule is N#Cc1cc(-n2nc(C(F)(F)F)c3c2C(=O)N(c2ccc(I)cc2)CC3)ccc1F.N#Cc1cc(N2N=C(C(F)(F)F)[C@@H]3CCN(c4ccc(I)cc4)C(=O)[C@@]32N2CCCC2)ccc1F. The van der Waals surface area contributed by atoms with E-state index in [1.807, 2.05) is 12.1 Å². The van der Waals surface area contributed by atoms with Gasteiger partial charge in [0.05, 0.1) is 28.4 Å². The molecule has 0 bridgehead atoms. The number of carbonyl (C=O) groups is 2. The number of carbonyl (C=O) groups excluding carboxylic acids is 2. The quantitative estimate of drug-likeness (QED) is 0.127. The molecule has 0 spiro atoms. The van der Waals surface area contributed by atoms with Crippen LogP contribution >= 0.6 is 45.2 Å². The average molecular weight is 1120 g/mol. The maximum absolute atomic E-state index is 14.3. The highest BCUT2D eigenvalue weighted by Gasteiger charge is 2.68. The van der Waals surface area contributed by atoms with E-state index in [4.69, 9.17) is 5.26 Å². The predicted octanol–water partition coefficient (Wildman–Crippen LogP) is 9.59. The fourth-order valence-electron chi connectivity index (χ4n) is 8.75. The van der Waals surface area contributed by atoms with Gasteiger partial charge in [-0.05, 0) is 156 Å². The van der Waals surface area contributed by atoms with E-state index in [-0.39, 0.29) is 59.7 Å². The molecule has 0 saturated carbocycles. The molecule has 0 unspecified atom stereocenters. The molecule has 2 amide bonds. The van der Waals surface area contributed by atoms with Gasteiger partial charge in [-0.2, -0.15) is 47.1 Å². The van der Waals surface area contributed by atoms with Gasteiger partial charge in [-0.3, -0.25) is 14.5 Å². The van der Waals surface area contributed by atoms with Crippen molar-refractivity contribution in [1.82, 2.24) is 14.7 Å². The number of amides is 2. The third-order valence-corrected chi connectivity index (χ3v) is 13.1. The minimum absolute atomic E-state index is 0.00231. The van der Waals surface area contributed by atoms with E-state index in [2.05, 4.69) is 55.4 Å². The average Bonchev–Trinajstić information content (AvgIpc) is 4.04. The molecule has 0 radical (unpaired) electrons. The first-order valence-electron chi connectivity index (χ1n) is 19.8. The lowest BCUT2D eigenvalue weighted by Crippen LogP contribution is -2.72. The second-order valence-electron chi connectivity index (χ2n) is 15.3. The Morgan fingerprint density at radius 3 is 1.74 bits per heavy atom. The molecule has 4 aliphatic rings. The van der Waals surface area contributed by atoms with Crippen LogP contribution in [-0.4, -0.2) is 70.2 Å². The lowest BCUT2D eigenvalue weighted by atomic mass is 9.79. The predicted molar refractivity (Wildman–Crippen MR) is 238 cm³/mol. The van der Waals surface area contributed by atoms with E-state index in [0.29, 0.717) is 24.5 Å². The van der Waals surface area contributed by atoms with Gasteiger partial charge in [-0.25, -0.2) is 18.5 Å². The fourth-order valence-corrected chi connectivity index (χ4v) is 9.47. The summed E-state index contributed by atoms with van der Waals surface area (Å²) in [6.07, 6.45) is -8.06. The van der Waals surface area contributed by atoms with Crippen molar-refractivity contribution >= 4 is 79.8 Å². The Hall–Kier alpha value is -5.66. The van der Waals surface area contributed by atoms with Crippen LogP contribution in [0.4, 0.5) is 52.2 Å². The molecule has 1 aromatic heterocycles. The lowest BCUT2D eigenvalue weighted by molar-refractivity contribution is -0.142. The van der Waals surface area contributed by atoms with Crippen molar-refractivity contribution in [3.63, 3.8) is 0 Å². The Morgan fingerprint density at radius 1 is 0.677 bits per heavy atom. The van der Waals surface area contributed by atoms with Gasteiger partial charge in [-0.15, -0.1) is 0 Å². The van der Waals surface area contributed by atoms with Gasteiger partial charge in [-0.1, -0.05) is 0 Å². The molecule has 21 heteroatoms. The molecule has 0 N–H and O–H groups in total. The number of alkyl halides is 6. The van der Waals surface area contributed by atoms with Crippen molar-refractivity contribution in [3.8, 4) is 17.8 Å². The van der Waals surface area contributed by atoms with Crippen LogP contribution in [0.3, 0.4) is 0 Å². The van der Waals surface area contributed by atoms with Crippen molar-refractivity contribution in [2.24, 2.45) is 11.0 Å². The number of rotatable bonds is 5. The van der Waals surface area contributed by atoms with Gasteiger partial charge in [0.2, 0.25) is 5.66 Å². The van der Waals surface area contributed by atoms with Gasteiger partial charge in [0.15, 0.2) is 5.69 Å². The number of likely N-dealkylation sites (tertiary alicyclic amines) is 1. The van der Waals surface area contributed by atoms with Gasteiger partial charge in [0, 0.05) is 50.3 Å². The molecule has 2 saturated heterocycles. The van der Waals surface area contributed by atoms with E-state index < -0.39 is 58.8 Å². The number of nitrogens with zero attached hydrogens (tertiary/aromatic N) is 9. The van der Waals surface area contributed by atoms with Crippen LogP contribution in [0.1, 0.15) is 52.1 Å². The van der Waals surface area contributed by atoms with Gasteiger partial charge < -0.3 is 9.80 Å². The molecule has 4 aliphatic heterocycles. The van der Waals surface area contributed by atoms with Crippen molar-refractivity contribution in [1.29, 1.82) is 10.5 Å². The largest absolute Gasteiger partial charge is 0.435 e. The normalized spacial score (nSPS) is 19.8. The Morgan fingerprint density at radius 2 is 1.20 bits per heavy atom. The Bertz CT molecular complexity index is 2810. The van der Waals surface area contributed by atoms with E-state index in [0.717, 1.165) is 53.9 Å². The van der Waals surface area contributed by atoms with Crippen molar-refractivity contribution in [3.05, 3.63) is 132 Å². The van der Waals surface area contributed by atoms with Crippen LogP contribution in [0.2, 0.25) is 0 Å². The number of anilines is 3. The van der Waals surface area contributed by atoms with E-state index in [9.17, 15) is 50.0 Å². The highest BCUT2D eigenvalue weighted by atomic mass is 127. The molecular formula is C44H31F8I2N9O2. The Kier molecular flexibility index (Phi) is 12.4. The van der Waals surface area contributed by atoms with Crippen LogP contribution < -0.4 is 14.8 Å². The Labute approximate surface area is 392 Å². The molecule has 0 aliphatic carbocycles. The third kappa shape index (κ3) is 8.30. The topological polar surface area (TPSA) is 125 Å². The number of benzene rings is 4. The Balaban J connectivity index is 0.000000179. The summed E-state index contributed by atoms with van der Waals surface area (Å²) in [5.41, 5.74) is -3.90. The zero-order chi connectivity index (χ0) is 46.6. The first-order chi connectivity index (χ1) is 30.9. The first kappa shape index (κ1) is 45.9. The summed E-state index contributed by atoms with van der Waals surface area (Å²) in [7, 11) is 0. The number of hydrogen-bond donors (Lipinski definition) is 0. The molecule has 11 nitrogen and oxygen atoms in total. The molecule has 334 valence electrons. The van der Waals surface area contributed by atoms with Crippen LogP contribution in [-0.2, 0) is 17.4 Å². The van der Waals surface area contributed by atoms with Crippen LogP contribution in [0.15, 0.2) is 90.0 Å². The lowest BCUT2D eigenvalue weighted by Gasteiger charge is -2.51. The van der Waals surface area contributed by atoms with E-state index in [1.165, 1.54) is 21.9 Å². The number of aromatic nitrogens is 2. The standard InChI is InChI=1S/C24H20F4IN5O.C20H11F4IN4O/c25-20-8-7-18(13-15(20)14-30)34-23(32-10-1-2-11-32)19(21(31-34)24(26,27)28)9-12-33(22(23)35)17-5-3-16(29)4-6-17;21-16-6-5-14(9-11(16)10-26)29-17-15(18(27-29)20(22,23)24)7-8-28(19(17)30)13-3-1-12(25)2-4-13/h3-8,13,19H,1-2,9-12H2;1-6,9H,7-8H2/t19-,23+;/m0./s1. The minimum Gasteiger partial charge on any atom is -0.309 e. The maximum Gasteiger partial charge on any atom is 0.435 e. The van der Waals surface area contributed by atoms with Gasteiger partial charge in [0.1, 0.15) is 35.2 Å². The molecule has 2 fully saturated rings. The summed E-state index contributed by atoms with van der Waals surface area (Å²) in [5, 5.41) is 27.1. The summed E-state index contributed by atoms with van der Waals surface area (Å²) in [6.45, 7) is 1.02. The highest BCUT2D eigenvalue weighted by Crippen LogP contribution is 2.50. The van der Waals surface area contributed by atoms with Crippen molar-refractivity contribution in [2.45, 2.75) is 43.7 Å². The van der Waals surface area contributed by atoms with E-state index >= 15 is 0 Å². The van der Waals surface area contributed by atoms with Crippen molar-refractivity contribution < 1.29 is 44.7 Å². The smallest absolute Gasteiger partial charge is 0.309 e. The summed E-state index contributed by atoms with van der Waals surface area (Å²) < 4.78 is 114. The molecule has 4 aromatic carbocycles. The number of hydrogen-bond acceptors (Lipinski definition) is 8. The fraction of sp³-hybridized carbons (Fsp3) is 0.273. The monoisotopic (exact) mass is 1120 g/mol. The second kappa shape index (κ2) is 17.6. The summed E-state index contributed by atoms with van der Waals surface area (Å²) in [6, 6.07) is 24.2. The van der Waals surface area contributed by atoms with Crippen LogP contribution in [0.25, 0.3) is 5.69 Å². The number of nitriles is 2. The first-order valence-corrected chi connectivity index (χ1v) is 22.0. The molecule has 2 atom stereocenters. The number of fused-ring (bicyclic) bond motifs is 2. The molecule has 5 heterocycles. The highest BCUT2D eigenvalue weighted by molar-refractivity contribution is 14.1.